The Morgan fingerprint density at radius 1 is 1.35 bits per heavy atom. The third kappa shape index (κ3) is 3.41. The van der Waals surface area contributed by atoms with Gasteiger partial charge in [0.25, 0.3) is 5.91 Å². The number of ether oxygens (including phenoxy) is 1. The van der Waals surface area contributed by atoms with E-state index < -0.39 is 24.1 Å². The van der Waals surface area contributed by atoms with Crippen LogP contribution in [0.5, 0.6) is 5.75 Å². The van der Waals surface area contributed by atoms with Crippen molar-refractivity contribution in [3.63, 3.8) is 0 Å². The maximum absolute atomic E-state index is 12.8. The number of nitrogens with zero attached hydrogens (tertiary/aromatic N) is 3. The van der Waals surface area contributed by atoms with Crippen LogP contribution in [-0.4, -0.2) is 39.8 Å². The van der Waals surface area contributed by atoms with Crippen LogP contribution in [0.1, 0.15) is 23.5 Å². The van der Waals surface area contributed by atoms with E-state index in [0.29, 0.717) is 5.69 Å². The monoisotopic (exact) mass is 370 g/mol. The number of nitrogens with one attached hydrogen (secondary N) is 1. The number of hydrogen-bond acceptors (Lipinski definition) is 4. The number of carbonyl (C=O) groups excluding carboxylic acids is 1. The van der Waals surface area contributed by atoms with Crippen LogP contribution in [0.4, 0.5) is 29.3 Å². The molecule has 1 unspecified atom stereocenters. The Morgan fingerprint density at radius 2 is 2.00 bits per heavy atom. The first-order valence-corrected chi connectivity index (χ1v) is 7.41. The molecule has 0 saturated heterocycles. The Labute approximate surface area is 144 Å². The molecule has 1 aromatic heterocycles. The Kier molecular flexibility index (Phi) is 4.22. The number of carbonyl (C=O) groups is 2. The molecule has 2 heterocycles. The number of anilines is 2. The molecule has 2 aromatic rings. The summed E-state index contributed by atoms with van der Waals surface area (Å²) in [6, 6.07) is 4.58. The summed E-state index contributed by atoms with van der Waals surface area (Å²) in [7, 11) is 0. The molecule has 3 rings (SSSR count). The summed E-state index contributed by atoms with van der Waals surface area (Å²) >= 11 is 0. The third-order valence-corrected chi connectivity index (χ3v) is 3.73. The van der Waals surface area contributed by atoms with Gasteiger partial charge in [-0.3, -0.25) is 14.8 Å². The van der Waals surface area contributed by atoms with E-state index >= 15 is 0 Å². The first-order chi connectivity index (χ1) is 12.2. The van der Waals surface area contributed by atoms with Gasteiger partial charge in [0.2, 0.25) is 0 Å². The molecule has 1 aliphatic heterocycles. The highest BCUT2D eigenvalue weighted by Crippen LogP contribution is 2.31. The van der Waals surface area contributed by atoms with Crippen molar-refractivity contribution in [1.82, 2.24) is 9.78 Å². The van der Waals surface area contributed by atoms with Crippen molar-refractivity contribution in [3.05, 3.63) is 36.2 Å². The second-order valence-electron chi connectivity index (χ2n) is 5.59. The molecular weight excluding hydrogens is 357 g/mol. The molecule has 0 fully saturated rings. The minimum absolute atomic E-state index is 0.0380. The molecule has 2 N–H and O–H groups in total. The zero-order valence-electron chi connectivity index (χ0n) is 13.3. The number of fused-ring (bicyclic) bond motifs is 1. The predicted molar refractivity (Wildman–Crippen MR) is 83.4 cm³/mol. The summed E-state index contributed by atoms with van der Waals surface area (Å²) in [5.41, 5.74) is 0.447. The number of aromatic nitrogens is 2. The van der Waals surface area contributed by atoms with E-state index in [2.05, 4.69) is 15.2 Å². The fraction of sp³-hybridized carbons (Fsp3) is 0.267. The number of alkyl halides is 3. The van der Waals surface area contributed by atoms with E-state index in [0.717, 1.165) is 12.1 Å². The van der Waals surface area contributed by atoms with E-state index in [9.17, 15) is 22.8 Å². The van der Waals surface area contributed by atoms with Gasteiger partial charge in [0.1, 0.15) is 5.75 Å². The van der Waals surface area contributed by atoms with Crippen LogP contribution in [0.15, 0.2) is 30.5 Å². The SMILES string of the molecule is CC1CN(c2ccc(OC(F)(F)F)cc2)C(=O)c2c(NC(=O)O)cnn21. The van der Waals surface area contributed by atoms with Crippen molar-refractivity contribution in [1.29, 1.82) is 0 Å². The molecule has 26 heavy (non-hydrogen) atoms. The van der Waals surface area contributed by atoms with Gasteiger partial charge in [0.05, 0.1) is 17.9 Å². The number of amides is 2. The first-order valence-electron chi connectivity index (χ1n) is 7.41. The van der Waals surface area contributed by atoms with Gasteiger partial charge >= 0.3 is 12.5 Å². The van der Waals surface area contributed by atoms with E-state index in [1.807, 2.05) is 0 Å². The summed E-state index contributed by atoms with van der Waals surface area (Å²) in [6.07, 6.45) is -4.91. The highest BCUT2D eigenvalue weighted by molar-refractivity contribution is 6.10. The summed E-state index contributed by atoms with van der Waals surface area (Å²) in [4.78, 5) is 25.0. The molecule has 1 aromatic carbocycles. The number of carboxylic acid groups (broad SMARTS) is 1. The van der Waals surface area contributed by atoms with E-state index in [-0.39, 0.29) is 24.0 Å². The number of rotatable bonds is 3. The minimum Gasteiger partial charge on any atom is -0.465 e. The van der Waals surface area contributed by atoms with Crippen molar-refractivity contribution >= 4 is 23.4 Å². The number of halogens is 3. The van der Waals surface area contributed by atoms with Crippen LogP contribution >= 0.6 is 0 Å². The van der Waals surface area contributed by atoms with Crippen molar-refractivity contribution < 1.29 is 32.6 Å². The van der Waals surface area contributed by atoms with Gasteiger partial charge in [-0.25, -0.2) is 4.79 Å². The fourth-order valence-corrected chi connectivity index (χ4v) is 2.72. The second kappa shape index (κ2) is 6.24. The maximum atomic E-state index is 12.8. The van der Waals surface area contributed by atoms with Crippen molar-refractivity contribution in [3.8, 4) is 5.75 Å². The van der Waals surface area contributed by atoms with Crippen LogP contribution in [0.25, 0.3) is 0 Å². The molecule has 0 spiro atoms. The molecule has 1 atom stereocenters. The van der Waals surface area contributed by atoms with Crippen LogP contribution < -0.4 is 15.0 Å². The Bertz CT molecular complexity index is 848. The summed E-state index contributed by atoms with van der Waals surface area (Å²) in [5, 5.41) is 15.0. The topological polar surface area (TPSA) is 96.7 Å². The van der Waals surface area contributed by atoms with Crippen LogP contribution in [0.2, 0.25) is 0 Å². The molecule has 1 aliphatic rings. The normalized spacial score (nSPS) is 17.0. The van der Waals surface area contributed by atoms with Gasteiger partial charge in [-0.05, 0) is 31.2 Å². The molecule has 0 radical (unpaired) electrons. The highest BCUT2D eigenvalue weighted by atomic mass is 19.4. The van der Waals surface area contributed by atoms with Crippen LogP contribution in [0.3, 0.4) is 0 Å². The Balaban J connectivity index is 1.89. The molecule has 138 valence electrons. The summed E-state index contributed by atoms with van der Waals surface area (Å²) in [5.74, 6) is -0.925. The van der Waals surface area contributed by atoms with Gasteiger partial charge in [0.15, 0.2) is 5.69 Å². The van der Waals surface area contributed by atoms with Gasteiger partial charge in [-0.2, -0.15) is 5.10 Å². The largest absolute Gasteiger partial charge is 0.573 e. The Hall–Kier alpha value is -3.24. The number of hydrogen-bond donors (Lipinski definition) is 2. The fourth-order valence-electron chi connectivity index (χ4n) is 2.72. The molecule has 2 amide bonds. The van der Waals surface area contributed by atoms with E-state index in [1.54, 1.807) is 6.92 Å². The van der Waals surface area contributed by atoms with Gasteiger partial charge < -0.3 is 14.7 Å². The Morgan fingerprint density at radius 3 is 2.58 bits per heavy atom. The first kappa shape index (κ1) is 17.6. The summed E-state index contributed by atoms with van der Waals surface area (Å²) < 4.78 is 41.9. The average Bonchev–Trinajstić information content (AvgIpc) is 2.94. The maximum Gasteiger partial charge on any atom is 0.573 e. The molecule has 0 saturated carbocycles. The zero-order chi connectivity index (χ0) is 19.1. The quantitative estimate of drug-likeness (QED) is 0.865. The molecule has 0 aliphatic carbocycles. The lowest BCUT2D eigenvalue weighted by Gasteiger charge is -2.32. The average molecular weight is 370 g/mol. The third-order valence-electron chi connectivity index (χ3n) is 3.73. The molecular formula is C15H13F3N4O4. The van der Waals surface area contributed by atoms with Crippen LogP contribution in [0, 0.1) is 0 Å². The zero-order valence-corrected chi connectivity index (χ0v) is 13.3. The van der Waals surface area contributed by atoms with E-state index in [4.69, 9.17) is 5.11 Å². The second-order valence-corrected chi connectivity index (χ2v) is 5.59. The van der Waals surface area contributed by atoms with Gasteiger partial charge in [-0.15, -0.1) is 13.2 Å². The van der Waals surface area contributed by atoms with E-state index in [1.165, 1.54) is 27.9 Å². The minimum atomic E-state index is -4.80. The lowest BCUT2D eigenvalue weighted by atomic mass is 10.1. The van der Waals surface area contributed by atoms with Crippen molar-refractivity contribution in [2.24, 2.45) is 0 Å². The standard InChI is InChI=1S/C15H13F3N4O4/c1-8-7-21(9-2-4-10(5-3-9)26-15(16,17)18)13(23)12-11(20-14(24)25)6-19-22(8)12/h2-6,8,20H,7H2,1H3,(H,24,25). The highest BCUT2D eigenvalue weighted by Gasteiger charge is 2.34. The molecule has 8 nitrogen and oxygen atoms in total. The molecule has 11 heteroatoms. The lowest BCUT2D eigenvalue weighted by molar-refractivity contribution is -0.274. The molecule has 0 bridgehead atoms. The lowest BCUT2D eigenvalue weighted by Crippen LogP contribution is -2.43. The number of benzene rings is 1. The smallest absolute Gasteiger partial charge is 0.465 e. The van der Waals surface area contributed by atoms with Gasteiger partial charge in [0, 0.05) is 12.2 Å². The van der Waals surface area contributed by atoms with Crippen molar-refractivity contribution in [2.45, 2.75) is 19.3 Å². The summed E-state index contributed by atoms with van der Waals surface area (Å²) in [6.45, 7) is 2.00. The van der Waals surface area contributed by atoms with Crippen LogP contribution in [-0.2, 0) is 0 Å². The van der Waals surface area contributed by atoms with Crippen molar-refractivity contribution in [2.75, 3.05) is 16.8 Å². The van der Waals surface area contributed by atoms with Gasteiger partial charge in [-0.1, -0.05) is 0 Å². The predicted octanol–water partition coefficient (Wildman–Crippen LogP) is 3.09.